The Bertz CT molecular complexity index is 811. The van der Waals surface area contributed by atoms with Crippen molar-refractivity contribution in [3.63, 3.8) is 0 Å². The number of carbonyl (C=O) groups is 2. The lowest BCUT2D eigenvalue weighted by Gasteiger charge is -2.03. The maximum atomic E-state index is 12.2. The van der Waals surface area contributed by atoms with Gasteiger partial charge in [0.15, 0.2) is 15.0 Å². The number of carbonyl (C=O) groups excluding carboxylic acids is 1. The van der Waals surface area contributed by atoms with Crippen LogP contribution in [0.4, 0.5) is 10.1 Å². The maximum absolute atomic E-state index is 12.2. The molecule has 0 spiro atoms. The van der Waals surface area contributed by atoms with E-state index in [-0.39, 0.29) is 20.9 Å². The molecule has 1 amide bonds. The number of aromatic nitrogens is 2. The van der Waals surface area contributed by atoms with Crippen molar-refractivity contribution in [3.8, 4) is 0 Å². The minimum absolute atomic E-state index is 0.0681. The van der Waals surface area contributed by atoms with Gasteiger partial charge in [0.25, 0.3) is 10.0 Å². The van der Waals surface area contributed by atoms with Gasteiger partial charge in [-0.3, -0.25) is 9.52 Å². The molecule has 5 N–H and O–H groups in total. The first-order valence-corrected chi connectivity index (χ1v) is 8.66. The van der Waals surface area contributed by atoms with Crippen LogP contribution in [0, 0.1) is 0 Å². The monoisotopic (exact) mass is 363 g/mol. The zero-order chi connectivity index (χ0) is 16.3. The van der Waals surface area contributed by atoms with Crippen molar-refractivity contribution in [1.82, 2.24) is 9.97 Å². The van der Waals surface area contributed by atoms with Gasteiger partial charge >= 0.3 is 5.97 Å². The van der Waals surface area contributed by atoms with E-state index >= 15 is 0 Å². The van der Waals surface area contributed by atoms with Gasteiger partial charge in [-0.2, -0.15) is 0 Å². The smallest absolute Gasteiger partial charge is 0.357 e. The van der Waals surface area contributed by atoms with Gasteiger partial charge in [0.1, 0.15) is 5.00 Å². The van der Waals surface area contributed by atoms with Crippen molar-refractivity contribution in [1.29, 1.82) is 0 Å². The van der Waals surface area contributed by atoms with Gasteiger partial charge < -0.3 is 16.2 Å². The summed E-state index contributed by atoms with van der Waals surface area (Å²) in [4.78, 5) is 29.3. The highest BCUT2D eigenvalue weighted by atomic mass is 32.2. The van der Waals surface area contributed by atoms with E-state index in [1.165, 1.54) is 5.51 Å². The van der Waals surface area contributed by atoms with Crippen molar-refractivity contribution in [2.75, 3.05) is 16.6 Å². The quantitative estimate of drug-likeness (QED) is 0.556. The van der Waals surface area contributed by atoms with E-state index in [9.17, 15) is 18.0 Å². The third-order valence-corrected chi connectivity index (χ3v) is 5.77. The Morgan fingerprint density at radius 3 is 2.73 bits per heavy atom. The Morgan fingerprint density at radius 2 is 2.09 bits per heavy atom. The highest BCUT2D eigenvalue weighted by Crippen LogP contribution is 2.28. The number of nitrogens with one attached hydrogen (secondary N) is 2. The number of nitrogens with two attached hydrogens (primary N) is 1. The number of rotatable bonds is 6. The first-order chi connectivity index (χ1) is 10.3. The molecule has 0 bridgehead atoms. The fraction of sp³-hybridized carbons (Fsp3) is 0.111. The number of carboxylic acids is 1. The molecule has 2 aromatic heterocycles. The number of carboxylic acid groups (broad SMARTS) is 1. The van der Waals surface area contributed by atoms with Crippen LogP contribution in [0.15, 0.2) is 15.9 Å². The number of thiazole rings is 2. The predicted octanol–water partition coefficient (Wildman–Crippen LogP) is -0.00420. The molecule has 10 nitrogen and oxygen atoms in total. The summed E-state index contributed by atoms with van der Waals surface area (Å²) in [5, 5.41) is 11.2. The molecule has 13 heteroatoms. The Morgan fingerprint density at radius 1 is 1.36 bits per heavy atom. The number of amides is 1. The fourth-order valence-electron chi connectivity index (χ4n) is 1.25. The Labute approximate surface area is 132 Å². The second-order valence-electron chi connectivity index (χ2n) is 3.68. The number of hydrogen-bond acceptors (Lipinski definition) is 9. The zero-order valence-electron chi connectivity index (χ0n) is 10.6. The molecule has 118 valence electrons. The number of anilines is 2. The van der Waals surface area contributed by atoms with Crippen LogP contribution in [0.25, 0.3) is 0 Å². The van der Waals surface area contributed by atoms with Crippen LogP contribution < -0.4 is 15.8 Å². The molecule has 0 radical (unpaired) electrons. The van der Waals surface area contributed by atoms with Crippen LogP contribution in [0.2, 0.25) is 0 Å². The van der Waals surface area contributed by atoms with Crippen molar-refractivity contribution in [3.05, 3.63) is 17.4 Å². The van der Waals surface area contributed by atoms with Gasteiger partial charge in [-0.25, -0.2) is 23.2 Å². The average Bonchev–Trinajstić information content (AvgIpc) is 3.07. The molecule has 0 saturated carbocycles. The Balaban J connectivity index is 2.22. The lowest BCUT2D eigenvalue weighted by Crippen LogP contribution is -2.21. The molecule has 0 aliphatic carbocycles. The van der Waals surface area contributed by atoms with Gasteiger partial charge in [-0.05, 0) is 0 Å². The first kappa shape index (κ1) is 16.3. The molecule has 0 aromatic carbocycles. The molecule has 0 fully saturated rings. The molecule has 0 atom stereocenters. The minimum atomic E-state index is -4.03. The van der Waals surface area contributed by atoms with E-state index in [4.69, 9.17) is 10.8 Å². The number of sulfonamides is 1. The SMILES string of the molecule is NCC(=O)Nc1ncc(S(=O)(=O)Nc2scnc2C(=O)O)s1. The van der Waals surface area contributed by atoms with Crippen LogP contribution >= 0.6 is 22.7 Å². The molecule has 0 unspecified atom stereocenters. The van der Waals surface area contributed by atoms with Crippen molar-refractivity contribution in [2.24, 2.45) is 5.73 Å². The molecular weight excluding hydrogens is 354 g/mol. The predicted molar refractivity (Wildman–Crippen MR) is 79.7 cm³/mol. The van der Waals surface area contributed by atoms with Crippen LogP contribution in [0.3, 0.4) is 0 Å². The van der Waals surface area contributed by atoms with E-state index in [1.807, 2.05) is 0 Å². The number of aromatic carboxylic acids is 1. The molecule has 0 saturated heterocycles. The number of hydrogen-bond donors (Lipinski definition) is 4. The molecule has 2 aromatic rings. The summed E-state index contributed by atoms with van der Waals surface area (Å²) < 4.78 is 26.2. The molecule has 2 rings (SSSR count). The maximum Gasteiger partial charge on any atom is 0.357 e. The number of nitrogens with zero attached hydrogens (tertiary/aromatic N) is 2. The molecule has 0 aliphatic heterocycles. The third-order valence-electron chi connectivity index (χ3n) is 2.18. The van der Waals surface area contributed by atoms with E-state index in [2.05, 4.69) is 20.0 Å². The standard InChI is InChI=1S/C9H9N5O5S3/c10-1-4(15)13-9-11-2-5(21-9)22(18,19)14-7-6(8(16)17)12-3-20-7/h2-3,14H,1,10H2,(H,16,17)(H,11,13,15). The van der Waals surface area contributed by atoms with E-state index < -0.39 is 27.6 Å². The zero-order valence-corrected chi connectivity index (χ0v) is 13.1. The van der Waals surface area contributed by atoms with Gasteiger partial charge in [0.05, 0.1) is 18.3 Å². The fourth-order valence-corrected chi connectivity index (χ4v) is 4.29. The van der Waals surface area contributed by atoms with Gasteiger partial charge in [-0.1, -0.05) is 11.3 Å². The Kier molecular flexibility index (Phi) is 4.70. The van der Waals surface area contributed by atoms with Gasteiger partial charge in [0.2, 0.25) is 5.91 Å². The summed E-state index contributed by atoms with van der Waals surface area (Å²) in [6, 6.07) is 0. The lowest BCUT2D eigenvalue weighted by molar-refractivity contribution is -0.114. The van der Waals surface area contributed by atoms with Crippen molar-refractivity contribution in [2.45, 2.75) is 4.21 Å². The Hall–Kier alpha value is -2.09. The summed E-state index contributed by atoms with van der Waals surface area (Å²) in [5.41, 5.74) is 5.94. The second-order valence-corrected chi connectivity index (χ2v) is 7.47. The molecular formula is C9H9N5O5S3. The topological polar surface area (TPSA) is 164 Å². The first-order valence-electron chi connectivity index (χ1n) is 5.49. The summed E-state index contributed by atoms with van der Waals surface area (Å²) in [6.07, 6.45) is 1.04. The normalized spacial score (nSPS) is 11.1. The van der Waals surface area contributed by atoms with Crippen LogP contribution in [0.5, 0.6) is 0 Å². The van der Waals surface area contributed by atoms with Gasteiger partial charge in [0, 0.05) is 0 Å². The van der Waals surface area contributed by atoms with Gasteiger partial charge in [-0.15, -0.1) is 11.3 Å². The molecule has 0 aliphatic rings. The largest absolute Gasteiger partial charge is 0.476 e. The second kappa shape index (κ2) is 6.35. The lowest BCUT2D eigenvalue weighted by atomic mass is 10.5. The molecule has 22 heavy (non-hydrogen) atoms. The van der Waals surface area contributed by atoms with E-state index in [0.29, 0.717) is 11.3 Å². The summed E-state index contributed by atoms with van der Waals surface area (Å²) in [7, 11) is -4.03. The summed E-state index contributed by atoms with van der Waals surface area (Å²) >= 11 is 1.54. The summed E-state index contributed by atoms with van der Waals surface area (Å²) in [6.45, 7) is -0.261. The minimum Gasteiger partial charge on any atom is -0.476 e. The van der Waals surface area contributed by atoms with Crippen molar-refractivity contribution >= 4 is 54.7 Å². The van der Waals surface area contributed by atoms with E-state index in [1.54, 1.807) is 0 Å². The third kappa shape index (κ3) is 3.56. The highest BCUT2D eigenvalue weighted by Gasteiger charge is 2.23. The van der Waals surface area contributed by atoms with Crippen molar-refractivity contribution < 1.29 is 23.1 Å². The van der Waals surface area contributed by atoms with E-state index in [0.717, 1.165) is 17.5 Å². The van der Waals surface area contributed by atoms with Crippen LogP contribution in [-0.2, 0) is 14.8 Å². The molecule has 2 heterocycles. The highest BCUT2D eigenvalue weighted by molar-refractivity contribution is 7.95. The van der Waals surface area contributed by atoms with Crippen LogP contribution in [-0.4, -0.2) is 41.9 Å². The van der Waals surface area contributed by atoms with Crippen LogP contribution in [0.1, 0.15) is 10.5 Å². The average molecular weight is 363 g/mol. The summed E-state index contributed by atoms with van der Waals surface area (Å²) in [5.74, 6) is -1.86.